The minimum absolute atomic E-state index is 0.0901. The summed E-state index contributed by atoms with van der Waals surface area (Å²) in [7, 11) is 0. The molecule has 0 saturated heterocycles. The average Bonchev–Trinajstić information content (AvgIpc) is 2.19. The number of ether oxygens (including phenoxy) is 1. The first-order valence-corrected chi connectivity index (χ1v) is 4.77. The standard InChI is InChI=1S/C10H10ClFO3/c1-2-9(10(13)14)15-6-3-4-8(12)7(11)5-6/h3-5,9H,2H2,1H3,(H,13,14). The maximum absolute atomic E-state index is 12.8. The van der Waals surface area contributed by atoms with Gasteiger partial charge >= 0.3 is 5.97 Å². The highest BCUT2D eigenvalue weighted by molar-refractivity contribution is 6.30. The predicted molar refractivity (Wildman–Crippen MR) is 53.8 cm³/mol. The third-order valence-electron chi connectivity index (χ3n) is 1.82. The van der Waals surface area contributed by atoms with E-state index >= 15 is 0 Å². The van der Waals surface area contributed by atoms with Gasteiger partial charge in [-0.25, -0.2) is 9.18 Å². The van der Waals surface area contributed by atoms with Crippen LogP contribution in [0, 0.1) is 5.82 Å². The minimum Gasteiger partial charge on any atom is -0.479 e. The van der Waals surface area contributed by atoms with Gasteiger partial charge in [0.2, 0.25) is 0 Å². The number of rotatable bonds is 4. The zero-order valence-corrected chi connectivity index (χ0v) is 8.79. The number of carboxylic acid groups (broad SMARTS) is 1. The van der Waals surface area contributed by atoms with Crippen LogP contribution in [0.15, 0.2) is 18.2 Å². The predicted octanol–water partition coefficient (Wildman–Crippen LogP) is 2.72. The second-order valence-corrected chi connectivity index (χ2v) is 3.34. The van der Waals surface area contributed by atoms with Gasteiger partial charge in [0.25, 0.3) is 0 Å². The second-order valence-electron chi connectivity index (χ2n) is 2.93. The van der Waals surface area contributed by atoms with E-state index in [-0.39, 0.29) is 10.8 Å². The third-order valence-corrected chi connectivity index (χ3v) is 2.11. The van der Waals surface area contributed by atoms with Gasteiger partial charge in [0.15, 0.2) is 6.10 Å². The van der Waals surface area contributed by atoms with E-state index in [2.05, 4.69) is 0 Å². The van der Waals surface area contributed by atoms with Gasteiger partial charge in [0.1, 0.15) is 11.6 Å². The zero-order chi connectivity index (χ0) is 11.4. The molecule has 0 fully saturated rings. The molecule has 15 heavy (non-hydrogen) atoms. The van der Waals surface area contributed by atoms with Crippen LogP contribution in [-0.2, 0) is 4.79 Å². The van der Waals surface area contributed by atoms with Crippen LogP contribution in [0.4, 0.5) is 4.39 Å². The van der Waals surface area contributed by atoms with Crippen LogP contribution in [0.5, 0.6) is 5.75 Å². The Morgan fingerprint density at radius 2 is 2.33 bits per heavy atom. The lowest BCUT2D eigenvalue weighted by molar-refractivity contribution is -0.145. The van der Waals surface area contributed by atoms with Gasteiger partial charge in [-0.15, -0.1) is 0 Å². The molecule has 82 valence electrons. The van der Waals surface area contributed by atoms with Gasteiger partial charge in [-0.05, 0) is 18.6 Å². The van der Waals surface area contributed by atoms with Crippen LogP contribution in [-0.4, -0.2) is 17.2 Å². The Labute approximate surface area is 91.4 Å². The average molecular weight is 233 g/mol. The van der Waals surface area contributed by atoms with Gasteiger partial charge in [-0.2, -0.15) is 0 Å². The Balaban J connectivity index is 2.80. The summed E-state index contributed by atoms with van der Waals surface area (Å²) >= 11 is 5.52. The summed E-state index contributed by atoms with van der Waals surface area (Å²) < 4.78 is 17.9. The summed E-state index contributed by atoms with van der Waals surface area (Å²) in [5.74, 6) is -1.37. The maximum Gasteiger partial charge on any atom is 0.344 e. The number of carbonyl (C=O) groups is 1. The summed E-state index contributed by atoms with van der Waals surface area (Å²) in [5.41, 5.74) is 0. The fourth-order valence-corrected chi connectivity index (χ4v) is 1.19. The van der Waals surface area contributed by atoms with E-state index in [9.17, 15) is 9.18 Å². The number of aliphatic carboxylic acids is 1. The van der Waals surface area contributed by atoms with Crippen LogP contribution in [0.25, 0.3) is 0 Å². The summed E-state index contributed by atoms with van der Waals surface area (Å²) in [4.78, 5) is 10.7. The molecule has 0 spiro atoms. The molecule has 1 rings (SSSR count). The molecule has 1 N–H and O–H groups in total. The summed E-state index contributed by atoms with van der Waals surface area (Å²) in [5, 5.41) is 8.64. The lowest BCUT2D eigenvalue weighted by Crippen LogP contribution is -2.25. The maximum atomic E-state index is 12.8. The molecule has 1 unspecified atom stereocenters. The highest BCUT2D eigenvalue weighted by atomic mass is 35.5. The molecule has 5 heteroatoms. The lowest BCUT2D eigenvalue weighted by atomic mass is 10.2. The second kappa shape index (κ2) is 4.98. The van der Waals surface area contributed by atoms with E-state index in [0.717, 1.165) is 6.07 Å². The van der Waals surface area contributed by atoms with E-state index < -0.39 is 17.9 Å². The Morgan fingerprint density at radius 3 is 2.80 bits per heavy atom. The monoisotopic (exact) mass is 232 g/mol. The van der Waals surface area contributed by atoms with Crippen molar-refractivity contribution in [2.45, 2.75) is 19.4 Å². The molecule has 0 heterocycles. The van der Waals surface area contributed by atoms with Crippen molar-refractivity contribution < 1.29 is 19.0 Å². The first-order chi connectivity index (χ1) is 7.04. The fraction of sp³-hybridized carbons (Fsp3) is 0.300. The smallest absolute Gasteiger partial charge is 0.344 e. The topological polar surface area (TPSA) is 46.5 Å². The molecule has 0 aromatic heterocycles. The van der Waals surface area contributed by atoms with Crippen molar-refractivity contribution in [2.75, 3.05) is 0 Å². The van der Waals surface area contributed by atoms with Crippen LogP contribution in [0.1, 0.15) is 13.3 Å². The van der Waals surface area contributed by atoms with E-state index in [1.165, 1.54) is 12.1 Å². The minimum atomic E-state index is -1.06. The normalized spacial score (nSPS) is 12.2. The molecule has 0 amide bonds. The number of benzene rings is 1. The summed E-state index contributed by atoms with van der Waals surface area (Å²) in [6.07, 6.45) is -0.615. The first-order valence-electron chi connectivity index (χ1n) is 4.39. The van der Waals surface area contributed by atoms with Gasteiger partial charge in [-0.3, -0.25) is 0 Å². The van der Waals surface area contributed by atoms with Crippen molar-refractivity contribution in [1.82, 2.24) is 0 Å². The molecule has 0 aliphatic heterocycles. The Bertz CT molecular complexity index is 368. The van der Waals surface area contributed by atoms with Gasteiger partial charge in [-0.1, -0.05) is 18.5 Å². The van der Waals surface area contributed by atoms with Crippen molar-refractivity contribution in [1.29, 1.82) is 0 Å². The van der Waals surface area contributed by atoms with Gasteiger partial charge in [0, 0.05) is 6.07 Å². The molecular formula is C10H10ClFO3. The molecule has 0 aliphatic rings. The number of hydrogen-bond donors (Lipinski definition) is 1. The van der Waals surface area contributed by atoms with Crippen LogP contribution in [0.3, 0.4) is 0 Å². The molecule has 0 bridgehead atoms. The number of carboxylic acids is 1. The van der Waals surface area contributed by atoms with Crippen LogP contribution >= 0.6 is 11.6 Å². The zero-order valence-electron chi connectivity index (χ0n) is 8.04. The molecule has 1 aromatic rings. The van der Waals surface area contributed by atoms with Crippen molar-refractivity contribution in [2.24, 2.45) is 0 Å². The van der Waals surface area contributed by atoms with Gasteiger partial charge in [0.05, 0.1) is 5.02 Å². The molecule has 3 nitrogen and oxygen atoms in total. The van der Waals surface area contributed by atoms with Crippen molar-refractivity contribution >= 4 is 17.6 Å². The molecular weight excluding hydrogens is 223 g/mol. The van der Waals surface area contributed by atoms with E-state index in [4.69, 9.17) is 21.4 Å². The van der Waals surface area contributed by atoms with Gasteiger partial charge < -0.3 is 9.84 Å². The number of hydrogen-bond acceptors (Lipinski definition) is 2. The lowest BCUT2D eigenvalue weighted by Gasteiger charge is -2.13. The van der Waals surface area contributed by atoms with E-state index in [0.29, 0.717) is 6.42 Å². The van der Waals surface area contributed by atoms with E-state index in [1.807, 2.05) is 0 Å². The van der Waals surface area contributed by atoms with Crippen molar-refractivity contribution in [3.8, 4) is 5.75 Å². The molecule has 0 saturated carbocycles. The summed E-state index contributed by atoms with van der Waals surface area (Å²) in [6, 6.07) is 3.72. The molecule has 0 radical (unpaired) electrons. The Morgan fingerprint density at radius 1 is 1.67 bits per heavy atom. The first kappa shape index (κ1) is 11.8. The Hall–Kier alpha value is -1.29. The largest absolute Gasteiger partial charge is 0.479 e. The van der Waals surface area contributed by atoms with Crippen molar-refractivity contribution in [3.63, 3.8) is 0 Å². The van der Waals surface area contributed by atoms with Crippen LogP contribution < -0.4 is 4.74 Å². The van der Waals surface area contributed by atoms with Crippen LogP contribution in [0.2, 0.25) is 5.02 Å². The number of halogens is 2. The molecule has 1 aromatic carbocycles. The summed E-state index contributed by atoms with van der Waals surface area (Å²) in [6.45, 7) is 1.68. The van der Waals surface area contributed by atoms with Crippen molar-refractivity contribution in [3.05, 3.63) is 29.0 Å². The Kier molecular flexibility index (Phi) is 3.91. The molecule has 0 aliphatic carbocycles. The highest BCUT2D eigenvalue weighted by Crippen LogP contribution is 2.22. The SMILES string of the molecule is CCC(Oc1ccc(F)c(Cl)c1)C(=O)O. The van der Waals surface area contributed by atoms with E-state index in [1.54, 1.807) is 6.92 Å². The fourth-order valence-electron chi connectivity index (χ4n) is 1.02. The quantitative estimate of drug-likeness (QED) is 0.868. The highest BCUT2D eigenvalue weighted by Gasteiger charge is 2.17. The molecule has 1 atom stereocenters. The third kappa shape index (κ3) is 3.09.